The van der Waals surface area contributed by atoms with Crippen molar-refractivity contribution in [3.63, 3.8) is 0 Å². The molecule has 1 aromatic rings. The first kappa shape index (κ1) is 14.5. The quantitative estimate of drug-likeness (QED) is 0.762. The van der Waals surface area contributed by atoms with Crippen molar-refractivity contribution in [1.82, 2.24) is 9.55 Å². The Labute approximate surface area is 110 Å². The summed E-state index contributed by atoms with van der Waals surface area (Å²) >= 11 is 5.39. The van der Waals surface area contributed by atoms with Gasteiger partial charge in [0.25, 0.3) is 0 Å². The van der Waals surface area contributed by atoms with E-state index in [0.29, 0.717) is 23.7 Å². The Morgan fingerprint density at radius 2 is 1.65 bits per heavy atom. The molecule has 0 fully saturated rings. The van der Waals surface area contributed by atoms with E-state index < -0.39 is 0 Å². The average Bonchev–Trinajstić information content (AvgIpc) is 2.55. The van der Waals surface area contributed by atoms with E-state index in [1.807, 2.05) is 0 Å². The number of hydrogen-bond donors (Lipinski definition) is 1. The van der Waals surface area contributed by atoms with Crippen LogP contribution in [0, 0.1) is 22.5 Å². The predicted molar refractivity (Wildman–Crippen MR) is 76.9 cm³/mol. The number of rotatable bonds is 5. The zero-order chi connectivity index (χ0) is 13.2. The molecule has 0 saturated carbocycles. The molecule has 0 unspecified atom stereocenters. The molecule has 0 aromatic carbocycles. The lowest BCUT2D eigenvalue weighted by atomic mass is 9.85. The van der Waals surface area contributed by atoms with Crippen LogP contribution in [0.3, 0.4) is 0 Å². The largest absolute Gasteiger partial charge is 0.337 e. The Kier molecular flexibility index (Phi) is 4.99. The summed E-state index contributed by atoms with van der Waals surface area (Å²) in [4.78, 5) is 3.18. The van der Waals surface area contributed by atoms with Crippen LogP contribution in [0.2, 0.25) is 0 Å². The minimum absolute atomic E-state index is 0.517. The van der Waals surface area contributed by atoms with Gasteiger partial charge in [0.2, 0.25) is 0 Å². The second-order valence-corrected chi connectivity index (χ2v) is 6.32. The average molecular weight is 254 g/mol. The fraction of sp³-hybridized carbons (Fsp3) is 0.786. The summed E-state index contributed by atoms with van der Waals surface area (Å²) in [7, 11) is 0. The monoisotopic (exact) mass is 254 g/mol. The molecule has 0 spiro atoms. The van der Waals surface area contributed by atoms with Gasteiger partial charge in [-0.15, -0.1) is 0 Å². The molecule has 0 radical (unpaired) electrons. The summed E-state index contributed by atoms with van der Waals surface area (Å²) in [6.45, 7) is 14.7. The van der Waals surface area contributed by atoms with Crippen molar-refractivity contribution in [3.05, 3.63) is 16.7 Å². The second-order valence-electron chi connectivity index (χ2n) is 5.94. The number of aromatic amines is 1. The van der Waals surface area contributed by atoms with Crippen LogP contribution in [0.1, 0.15) is 53.2 Å². The summed E-state index contributed by atoms with van der Waals surface area (Å²) in [5.41, 5.74) is 1.32. The van der Waals surface area contributed by atoms with Crippen LogP contribution < -0.4 is 0 Å². The maximum atomic E-state index is 5.39. The van der Waals surface area contributed by atoms with Gasteiger partial charge >= 0.3 is 0 Å². The Morgan fingerprint density at radius 1 is 1.12 bits per heavy atom. The molecule has 0 amide bonds. The highest BCUT2D eigenvalue weighted by Crippen LogP contribution is 2.25. The first-order valence-electron chi connectivity index (χ1n) is 6.62. The molecular weight excluding hydrogens is 228 g/mol. The molecule has 3 heteroatoms. The summed E-state index contributed by atoms with van der Waals surface area (Å²) in [6, 6.07) is 0. The van der Waals surface area contributed by atoms with E-state index in [0.717, 1.165) is 11.3 Å². The molecule has 2 nitrogen and oxygen atoms in total. The third kappa shape index (κ3) is 3.44. The standard InChI is InChI=1S/C14H26N2S/c1-9(2)12(10(3)4)8-16-13(11(5)6)7-15-14(16)17/h7,9-12H,8H2,1-6H3,(H,15,17). The van der Waals surface area contributed by atoms with Gasteiger partial charge < -0.3 is 9.55 Å². The zero-order valence-corrected chi connectivity index (χ0v) is 12.8. The topological polar surface area (TPSA) is 20.7 Å². The maximum absolute atomic E-state index is 5.39. The number of hydrogen-bond acceptors (Lipinski definition) is 1. The van der Waals surface area contributed by atoms with E-state index >= 15 is 0 Å². The van der Waals surface area contributed by atoms with Crippen LogP contribution in [0.5, 0.6) is 0 Å². The maximum Gasteiger partial charge on any atom is 0.177 e. The van der Waals surface area contributed by atoms with E-state index in [1.54, 1.807) is 0 Å². The van der Waals surface area contributed by atoms with Crippen molar-refractivity contribution >= 4 is 12.2 Å². The Hall–Kier alpha value is -0.570. The van der Waals surface area contributed by atoms with E-state index in [1.165, 1.54) is 5.69 Å². The SMILES string of the molecule is CC(C)c1c[nH]c(=S)n1CC(C(C)C)C(C)C. The summed E-state index contributed by atoms with van der Waals surface area (Å²) in [5, 5.41) is 0. The summed E-state index contributed by atoms with van der Waals surface area (Å²) < 4.78 is 3.14. The number of nitrogens with one attached hydrogen (secondary N) is 1. The molecule has 0 atom stereocenters. The van der Waals surface area contributed by atoms with Crippen LogP contribution in [0.15, 0.2) is 6.20 Å². The zero-order valence-electron chi connectivity index (χ0n) is 11.9. The summed E-state index contributed by atoms with van der Waals surface area (Å²) in [6.07, 6.45) is 2.06. The molecule has 0 saturated heterocycles. The first-order valence-corrected chi connectivity index (χ1v) is 7.03. The minimum Gasteiger partial charge on any atom is -0.337 e. The van der Waals surface area contributed by atoms with Gasteiger partial charge in [-0.2, -0.15) is 0 Å². The third-order valence-electron chi connectivity index (χ3n) is 3.60. The smallest absolute Gasteiger partial charge is 0.177 e. The number of imidazole rings is 1. The van der Waals surface area contributed by atoms with Crippen LogP contribution in [0.25, 0.3) is 0 Å². The van der Waals surface area contributed by atoms with Gasteiger partial charge in [-0.3, -0.25) is 0 Å². The molecule has 1 N–H and O–H groups in total. The fourth-order valence-corrected chi connectivity index (χ4v) is 2.72. The number of H-pyrrole nitrogens is 1. The molecule has 1 heterocycles. The van der Waals surface area contributed by atoms with Crippen molar-refractivity contribution in [2.75, 3.05) is 0 Å². The highest BCUT2D eigenvalue weighted by molar-refractivity contribution is 7.71. The lowest BCUT2D eigenvalue weighted by Crippen LogP contribution is -2.23. The third-order valence-corrected chi connectivity index (χ3v) is 3.94. The van der Waals surface area contributed by atoms with Crippen LogP contribution in [-0.4, -0.2) is 9.55 Å². The number of aromatic nitrogens is 2. The van der Waals surface area contributed by atoms with Crippen molar-refractivity contribution in [2.24, 2.45) is 17.8 Å². The van der Waals surface area contributed by atoms with E-state index in [9.17, 15) is 0 Å². The van der Waals surface area contributed by atoms with E-state index in [2.05, 4.69) is 57.3 Å². The minimum atomic E-state index is 0.517. The van der Waals surface area contributed by atoms with Crippen LogP contribution >= 0.6 is 12.2 Å². The van der Waals surface area contributed by atoms with Gasteiger partial charge in [-0.1, -0.05) is 41.5 Å². The molecule has 1 rings (SSSR count). The normalized spacial score (nSPS) is 12.4. The van der Waals surface area contributed by atoms with Gasteiger partial charge in [-0.05, 0) is 35.9 Å². The highest BCUT2D eigenvalue weighted by Gasteiger charge is 2.20. The lowest BCUT2D eigenvalue weighted by molar-refractivity contribution is 0.248. The van der Waals surface area contributed by atoms with Crippen molar-refractivity contribution in [3.8, 4) is 0 Å². The molecular formula is C14H26N2S. The van der Waals surface area contributed by atoms with Gasteiger partial charge in [0.15, 0.2) is 4.77 Å². The van der Waals surface area contributed by atoms with Gasteiger partial charge in [0, 0.05) is 18.4 Å². The van der Waals surface area contributed by atoms with Crippen LogP contribution in [-0.2, 0) is 6.54 Å². The molecule has 17 heavy (non-hydrogen) atoms. The first-order chi connectivity index (χ1) is 7.84. The van der Waals surface area contributed by atoms with Gasteiger partial charge in [0.05, 0.1) is 0 Å². The van der Waals surface area contributed by atoms with Gasteiger partial charge in [-0.25, -0.2) is 0 Å². The lowest BCUT2D eigenvalue weighted by Gasteiger charge is -2.26. The molecule has 0 aliphatic heterocycles. The van der Waals surface area contributed by atoms with Gasteiger partial charge in [0.1, 0.15) is 0 Å². The number of nitrogens with zero attached hydrogens (tertiary/aromatic N) is 1. The Bertz CT molecular complexity index is 391. The summed E-state index contributed by atoms with van der Waals surface area (Å²) in [5.74, 6) is 2.57. The molecule has 98 valence electrons. The highest BCUT2D eigenvalue weighted by atomic mass is 32.1. The Morgan fingerprint density at radius 3 is 2.06 bits per heavy atom. The molecule has 0 aliphatic carbocycles. The fourth-order valence-electron chi connectivity index (χ4n) is 2.48. The predicted octanol–water partition coefficient (Wildman–Crippen LogP) is 4.60. The molecule has 0 aliphatic rings. The molecule has 0 bridgehead atoms. The van der Waals surface area contributed by atoms with Crippen molar-refractivity contribution in [1.29, 1.82) is 0 Å². The second kappa shape index (κ2) is 5.85. The van der Waals surface area contributed by atoms with Crippen molar-refractivity contribution in [2.45, 2.75) is 54.0 Å². The van der Waals surface area contributed by atoms with E-state index in [4.69, 9.17) is 12.2 Å². The van der Waals surface area contributed by atoms with Crippen LogP contribution in [0.4, 0.5) is 0 Å². The Balaban J connectivity index is 3.00. The van der Waals surface area contributed by atoms with E-state index in [-0.39, 0.29) is 0 Å². The molecule has 1 aromatic heterocycles. The van der Waals surface area contributed by atoms with Crippen molar-refractivity contribution < 1.29 is 0 Å².